The minimum Gasteiger partial charge on any atom is -0.423 e. The molecule has 124 valence electrons. The predicted octanol–water partition coefficient (Wildman–Crippen LogP) is 1.46. The summed E-state index contributed by atoms with van der Waals surface area (Å²) in [5.74, 6) is 0. The fourth-order valence-corrected chi connectivity index (χ4v) is 3.37. The van der Waals surface area contributed by atoms with Gasteiger partial charge in [0.25, 0.3) is 0 Å². The number of fused-ring (bicyclic) bond motifs is 2. The molecule has 0 fully saturated rings. The van der Waals surface area contributed by atoms with E-state index >= 15 is 0 Å². The monoisotopic (exact) mass is 317 g/mol. The van der Waals surface area contributed by atoms with Gasteiger partial charge in [-0.15, -0.1) is 0 Å². The topological polar surface area (TPSA) is 73.9 Å². The highest BCUT2D eigenvalue weighted by Crippen LogP contribution is 2.29. The highest BCUT2D eigenvalue weighted by molar-refractivity contribution is 5.82. The molecular weight excluding hydrogens is 294 g/mol. The van der Waals surface area contributed by atoms with Crippen molar-refractivity contribution in [3.8, 4) is 0 Å². The van der Waals surface area contributed by atoms with Crippen LogP contribution in [0.15, 0.2) is 27.4 Å². The van der Waals surface area contributed by atoms with Gasteiger partial charge < -0.3 is 14.6 Å². The predicted molar refractivity (Wildman–Crippen MR) is 88.6 cm³/mol. The number of hydrogen-bond donors (Lipinski definition) is 2. The van der Waals surface area contributed by atoms with Gasteiger partial charge in [-0.3, -0.25) is 4.90 Å². The van der Waals surface area contributed by atoms with Crippen molar-refractivity contribution < 1.29 is 14.6 Å². The second-order valence-electron chi connectivity index (χ2n) is 6.14. The van der Waals surface area contributed by atoms with Gasteiger partial charge in [0.05, 0.1) is 6.61 Å². The lowest BCUT2D eigenvalue weighted by Gasteiger charge is -2.21. The maximum Gasteiger partial charge on any atom is 0.336 e. The van der Waals surface area contributed by atoms with E-state index in [0.717, 1.165) is 30.2 Å². The number of benzene rings is 1. The fourth-order valence-electron chi connectivity index (χ4n) is 3.37. The largest absolute Gasteiger partial charge is 0.423 e. The quantitative estimate of drug-likeness (QED) is 0.756. The molecule has 2 N–H and O–H groups in total. The fraction of sp³-hybridized carbons (Fsp3) is 0.500. The van der Waals surface area contributed by atoms with E-state index in [9.17, 15) is 9.90 Å². The third-order valence-corrected chi connectivity index (χ3v) is 4.49. The Morgan fingerprint density at radius 1 is 1.04 bits per heavy atom. The number of aliphatic hydroxyl groups is 2. The maximum atomic E-state index is 11.9. The van der Waals surface area contributed by atoms with Gasteiger partial charge in [-0.1, -0.05) is 0 Å². The Morgan fingerprint density at radius 3 is 2.57 bits per heavy atom. The first-order valence-electron chi connectivity index (χ1n) is 8.24. The molecule has 3 rings (SSSR count). The summed E-state index contributed by atoms with van der Waals surface area (Å²) in [6.07, 6.45) is 3.92. The molecule has 2 aromatic rings. The lowest BCUT2D eigenvalue weighted by atomic mass is 10.0. The van der Waals surface area contributed by atoms with E-state index in [1.807, 2.05) is 6.07 Å². The van der Waals surface area contributed by atoms with Crippen LogP contribution in [0.1, 0.15) is 29.5 Å². The Hall–Kier alpha value is -1.69. The van der Waals surface area contributed by atoms with Crippen molar-refractivity contribution in [3.63, 3.8) is 0 Å². The van der Waals surface area contributed by atoms with Gasteiger partial charge in [0.1, 0.15) is 5.58 Å². The van der Waals surface area contributed by atoms with E-state index < -0.39 is 0 Å². The normalized spacial score (nSPS) is 13.9. The van der Waals surface area contributed by atoms with Gasteiger partial charge in [0.15, 0.2) is 0 Å². The zero-order valence-electron chi connectivity index (χ0n) is 13.3. The van der Waals surface area contributed by atoms with Crippen LogP contribution >= 0.6 is 0 Å². The van der Waals surface area contributed by atoms with Gasteiger partial charge in [0.2, 0.25) is 0 Å². The van der Waals surface area contributed by atoms with Crippen LogP contribution in [0, 0.1) is 0 Å². The molecule has 1 aliphatic rings. The highest BCUT2D eigenvalue weighted by atomic mass is 16.4. The summed E-state index contributed by atoms with van der Waals surface area (Å²) in [5, 5.41) is 19.2. The van der Waals surface area contributed by atoms with Crippen LogP contribution in [0.2, 0.25) is 0 Å². The molecule has 1 aromatic heterocycles. The molecule has 0 amide bonds. The number of nitrogens with zero attached hydrogens (tertiary/aromatic N) is 1. The number of hydrogen-bond acceptors (Lipinski definition) is 5. The lowest BCUT2D eigenvalue weighted by Crippen LogP contribution is -2.28. The number of rotatable bonds is 7. The minimum atomic E-state index is -0.337. The van der Waals surface area contributed by atoms with Crippen LogP contribution in [0.3, 0.4) is 0 Å². The van der Waals surface area contributed by atoms with Crippen molar-refractivity contribution in [1.29, 1.82) is 0 Å². The van der Waals surface area contributed by atoms with Crippen LogP contribution in [0.4, 0.5) is 0 Å². The van der Waals surface area contributed by atoms with Crippen molar-refractivity contribution in [2.45, 2.75) is 32.2 Å². The summed E-state index contributed by atoms with van der Waals surface area (Å²) in [4.78, 5) is 13.9. The van der Waals surface area contributed by atoms with Crippen LogP contribution in [0.25, 0.3) is 11.0 Å². The molecule has 0 radical (unpaired) electrons. The Balaban J connectivity index is 1.96. The lowest BCUT2D eigenvalue weighted by molar-refractivity contribution is 0.174. The molecule has 23 heavy (non-hydrogen) atoms. The zero-order chi connectivity index (χ0) is 16.2. The summed E-state index contributed by atoms with van der Waals surface area (Å²) >= 11 is 0. The molecule has 5 heteroatoms. The van der Waals surface area contributed by atoms with Crippen LogP contribution in [0.5, 0.6) is 0 Å². The molecule has 0 spiro atoms. The van der Waals surface area contributed by atoms with Crippen molar-refractivity contribution in [1.82, 2.24) is 4.90 Å². The Labute approximate surface area is 135 Å². The van der Waals surface area contributed by atoms with Gasteiger partial charge in [0, 0.05) is 37.7 Å². The Morgan fingerprint density at radius 2 is 1.83 bits per heavy atom. The van der Waals surface area contributed by atoms with Gasteiger partial charge in [-0.2, -0.15) is 0 Å². The molecule has 0 bridgehead atoms. The van der Waals surface area contributed by atoms with Crippen LogP contribution in [-0.2, 0) is 19.4 Å². The molecule has 0 aliphatic heterocycles. The van der Waals surface area contributed by atoms with Crippen LogP contribution in [-0.4, -0.2) is 41.4 Å². The maximum absolute atomic E-state index is 11.9. The van der Waals surface area contributed by atoms with E-state index in [-0.39, 0.29) is 18.8 Å². The van der Waals surface area contributed by atoms with E-state index in [2.05, 4.69) is 11.0 Å². The van der Waals surface area contributed by atoms with Crippen molar-refractivity contribution in [3.05, 3.63) is 45.3 Å². The zero-order valence-corrected chi connectivity index (χ0v) is 13.3. The first kappa shape index (κ1) is 16.2. The summed E-state index contributed by atoms with van der Waals surface area (Å²) < 4.78 is 5.39. The average molecular weight is 317 g/mol. The molecule has 1 heterocycles. The molecule has 1 aliphatic carbocycles. The van der Waals surface area contributed by atoms with E-state index in [0.29, 0.717) is 31.6 Å². The van der Waals surface area contributed by atoms with Gasteiger partial charge in [-0.05, 0) is 54.5 Å². The van der Waals surface area contributed by atoms with Gasteiger partial charge in [-0.25, -0.2) is 4.79 Å². The van der Waals surface area contributed by atoms with Crippen molar-refractivity contribution >= 4 is 11.0 Å². The minimum absolute atomic E-state index is 0.0558. The summed E-state index contributed by atoms with van der Waals surface area (Å²) in [5.41, 5.74) is 3.87. The first-order chi connectivity index (χ1) is 11.2. The molecule has 5 nitrogen and oxygen atoms in total. The van der Waals surface area contributed by atoms with Crippen molar-refractivity contribution in [2.24, 2.45) is 0 Å². The second-order valence-corrected chi connectivity index (χ2v) is 6.14. The smallest absolute Gasteiger partial charge is 0.336 e. The van der Waals surface area contributed by atoms with Gasteiger partial charge >= 0.3 is 5.63 Å². The standard InChI is InChI=1S/C18H23NO4/c20-7-2-5-19(6-8-21)12-15-11-18(22)23-17-10-14-4-1-3-13(14)9-16(15)17/h9-11,20-21H,1-8,12H2. The molecule has 0 unspecified atom stereocenters. The molecule has 0 atom stereocenters. The van der Waals surface area contributed by atoms with Crippen molar-refractivity contribution in [2.75, 3.05) is 26.3 Å². The Bertz CT molecular complexity index is 738. The second kappa shape index (κ2) is 7.25. The van der Waals surface area contributed by atoms with E-state index in [1.165, 1.54) is 11.1 Å². The average Bonchev–Trinajstić information content (AvgIpc) is 2.98. The van der Waals surface area contributed by atoms with Crippen LogP contribution < -0.4 is 5.63 Å². The number of aryl methyl sites for hydroxylation is 2. The summed E-state index contributed by atoms with van der Waals surface area (Å²) in [6.45, 7) is 1.95. The SMILES string of the molecule is O=c1cc(CN(CCO)CCCO)c2cc3c(cc2o1)CCC3. The Kier molecular flexibility index (Phi) is 5.10. The molecular formula is C18H23NO4. The third kappa shape index (κ3) is 3.63. The molecule has 0 saturated heterocycles. The first-order valence-corrected chi connectivity index (χ1v) is 8.24. The van der Waals surface area contributed by atoms with E-state index in [1.54, 1.807) is 6.07 Å². The van der Waals surface area contributed by atoms with E-state index in [4.69, 9.17) is 9.52 Å². The summed E-state index contributed by atoms with van der Waals surface area (Å²) in [7, 11) is 0. The molecule has 0 saturated carbocycles. The molecule has 1 aromatic carbocycles. The third-order valence-electron chi connectivity index (χ3n) is 4.49. The highest BCUT2D eigenvalue weighted by Gasteiger charge is 2.16. The number of aliphatic hydroxyl groups excluding tert-OH is 2. The summed E-state index contributed by atoms with van der Waals surface area (Å²) in [6, 6.07) is 5.71.